The first kappa shape index (κ1) is 17.8. The predicted octanol–water partition coefficient (Wildman–Crippen LogP) is 5.08. The number of amides is 1. The standard InChI is InChI=1S/C21H24ClNO2/c1-3-21(4-2)14-18(17-10-5-6-11-19(17)25-21)23-20(24)13-15-8-7-9-16(22)12-15/h5-12,18H,3-4,13-14H2,1-2H3,(H,23,24)/t18-/m1/s1. The van der Waals surface area contributed by atoms with Crippen LogP contribution in [0.2, 0.25) is 5.02 Å². The third-order valence-corrected chi connectivity index (χ3v) is 5.31. The molecule has 2 aromatic rings. The summed E-state index contributed by atoms with van der Waals surface area (Å²) in [6, 6.07) is 15.4. The number of hydrogen-bond donors (Lipinski definition) is 1. The summed E-state index contributed by atoms with van der Waals surface area (Å²) in [5.74, 6) is 0.885. The van der Waals surface area contributed by atoms with E-state index in [-0.39, 0.29) is 17.6 Å². The number of nitrogens with one attached hydrogen (secondary N) is 1. The van der Waals surface area contributed by atoms with Crippen molar-refractivity contribution in [1.29, 1.82) is 0 Å². The highest BCUT2D eigenvalue weighted by molar-refractivity contribution is 6.30. The SMILES string of the molecule is CCC1(CC)C[C@@H](NC(=O)Cc2cccc(Cl)c2)c2ccccc2O1. The van der Waals surface area contributed by atoms with Gasteiger partial charge in [0, 0.05) is 17.0 Å². The van der Waals surface area contributed by atoms with Gasteiger partial charge in [-0.1, -0.05) is 55.8 Å². The molecule has 0 radical (unpaired) electrons. The average molecular weight is 358 g/mol. The van der Waals surface area contributed by atoms with Gasteiger partial charge in [0.25, 0.3) is 0 Å². The van der Waals surface area contributed by atoms with Crippen molar-refractivity contribution in [1.82, 2.24) is 5.32 Å². The Morgan fingerprint density at radius 2 is 1.96 bits per heavy atom. The van der Waals surface area contributed by atoms with Crippen molar-refractivity contribution >= 4 is 17.5 Å². The molecule has 0 saturated heterocycles. The Hall–Kier alpha value is -2.00. The quantitative estimate of drug-likeness (QED) is 0.810. The molecular weight excluding hydrogens is 334 g/mol. The average Bonchev–Trinajstić information content (AvgIpc) is 2.61. The van der Waals surface area contributed by atoms with Gasteiger partial charge in [0.15, 0.2) is 0 Å². The maximum absolute atomic E-state index is 12.6. The number of rotatable bonds is 5. The van der Waals surface area contributed by atoms with Crippen LogP contribution in [0.15, 0.2) is 48.5 Å². The summed E-state index contributed by atoms with van der Waals surface area (Å²) >= 11 is 6.01. The zero-order valence-corrected chi connectivity index (χ0v) is 15.5. The Balaban J connectivity index is 1.79. The lowest BCUT2D eigenvalue weighted by Gasteiger charge is -2.41. The van der Waals surface area contributed by atoms with Gasteiger partial charge in [0.1, 0.15) is 11.4 Å². The summed E-state index contributed by atoms with van der Waals surface area (Å²) in [5.41, 5.74) is 1.75. The summed E-state index contributed by atoms with van der Waals surface area (Å²) < 4.78 is 6.29. The molecule has 4 heteroatoms. The van der Waals surface area contributed by atoms with E-state index in [1.54, 1.807) is 0 Å². The van der Waals surface area contributed by atoms with E-state index in [1.165, 1.54) is 0 Å². The Labute approximate surface area is 154 Å². The Bertz CT molecular complexity index is 755. The summed E-state index contributed by atoms with van der Waals surface area (Å²) in [7, 11) is 0. The molecule has 3 rings (SSSR count). The van der Waals surface area contributed by atoms with Gasteiger partial charge in [0.2, 0.25) is 5.91 Å². The predicted molar refractivity (Wildman–Crippen MR) is 101 cm³/mol. The van der Waals surface area contributed by atoms with Crippen LogP contribution in [-0.2, 0) is 11.2 Å². The Morgan fingerprint density at radius 3 is 2.68 bits per heavy atom. The van der Waals surface area contributed by atoms with E-state index in [2.05, 4.69) is 19.2 Å². The molecule has 25 heavy (non-hydrogen) atoms. The highest BCUT2D eigenvalue weighted by Gasteiger charge is 2.38. The van der Waals surface area contributed by atoms with Crippen molar-refractivity contribution in [3.8, 4) is 5.75 Å². The molecular formula is C21H24ClNO2. The molecule has 1 N–H and O–H groups in total. The third kappa shape index (κ3) is 3.98. The van der Waals surface area contributed by atoms with Crippen LogP contribution in [0.5, 0.6) is 5.75 Å². The molecule has 3 nitrogen and oxygen atoms in total. The number of ether oxygens (including phenoxy) is 1. The fraction of sp³-hybridized carbons (Fsp3) is 0.381. The second kappa shape index (κ2) is 7.49. The van der Waals surface area contributed by atoms with Crippen molar-refractivity contribution in [2.75, 3.05) is 0 Å². The minimum Gasteiger partial charge on any atom is -0.487 e. The minimum absolute atomic E-state index is 0.00470. The van der Waals surface area contributed by atoms with Crippen molar-refractivity contribution in [2.45, 2.75) is 51.2 Å². The molecule has 1 heterocycles. The summed E-state index contributed by atoms with van der Waals surface area (Å²) in [6.45, 7) is 4.28. The summed E-state index contributed by atoms with van der Waals surface area (Å²) in [5, 5.41) is 3.86. The zero-order chi connectivity index (χ0) is 17.9. The van der Waals surface area contributed by atoms with E-state index in [1.807, 2.05) is 48.5 Å². The number of hydrogen-bond acceptors (Lipinski definition) is 2. The fourth-order valence-electron chi connectivity index (χ4n) is 3.51. The third-order valence-electron chi connectivity index (χ3n) is 5.07. The lowest BCUT2D eigenvalue weighted by Crippen LogP contribution is -2.44. The van der Waals surface area contributed by atoms with Crippen LogP contribution in [0.25, 0.3) is 0 Å². The van der Waals surface area contributed by atoms with E-state index >= 15 is 0 Å². The lowest BCUT2D eigenvalue weighted by atomic mass is 9.83. The van der Waals surface area contributed by atoms with Crippen LogP contribution in [0.1, 0.15) is 50.3 Å². The molecule has 0 fully saturated rings. The van der Waals surface area contributed by atoms with Gasteiger partial charge in [-0.15, -0.1) is 0 Å². The monoisotopic (exact) mass is 357 g/mol. The van der Waals surface area contributed by atoms with E-state index in [9.17, 15) is 4.79 Å². The van der Waals surface area contributed by atoms with Gasteiger partial charge in [-0.3, -0.25) is 4.79 Å². The number of para-hydroxylation sites is 1. The smallest absolute Gasteiger partial charge is 0.224 e. The molecule has 1 aliphatic heterocycles. The second-order valence-corrected chi connectivity index (χ2v) is 7.10. The van der Waals surface area contributed by atoms with Gasteiger partial charge in [-0.05, 0) is 36.6 Å². The van der Waals surface area contributed by atoms with Gasteiger partial charge in [0.05, 0.1) is 12.5 Å². The molecule has 0 aliphatic carbocycles. The molecule has 1 atom stereocenters. The molecule has 0 unspecified atom stereocenters. The molecule has 1 amide bonds. The largest absolute Gasteiger partial charge is 0.487 e. The molecule has 0 bridgehead atoms. The first-order valence-electron chi connectivity index (χ1n) is 8.87. The fourth-order valence-corrected chi connectivity index (χ4v) is 3.72. The van der Waals surface area contributed by atoms with Gasteiger partial charge in [-0.25, -0.2) is 0 Å². The summed E-state index contributed by atoms with van der Waals surface area (Å²) in [6.07, 6.45) is 2.95. The van der Waals surface area contributed by atoms with Crippen LogP contribution in [-0.4, -0.2) is 11.5 Å². The minimum atomic E-state index is -0.220. The lowest BCUT2D eigenvalue weighted by molar-refractivity contribution is -0.121. The van der Waals surface area contributed by atoms with E-state index in [0.717, 1.165) is 36.1 Å². The van der Waals surface area contributed by atoms with Gasteiger partial charge < -0.3 is 10.1 Å². The second-order valence-electron chi connectivity index (χ2n) is 6.66. The highest BCUT2D eigenvalue weighted by atomic mass is 35.5. The molecule has 0 spiro atoms. The highest BCUT2D eigenvalue weighted by Crippen LogP contribution is 2.42. The van der Waals surface area contributed by atoms with Crippen LogP contribution in [0, 0.1) is 0 Å². The molecule has 2 aromatic carbocycles. The van der Waals surface area contributed by atoms with Crippen LogP contribution in [0.4, 0.5) is 0 Å². The maximum atomic E-state index is 12.6. The number of carbonyl (C=O) groups excluding carboxylic acids is 1. The van der Waals surface area contributed by atoms with Gasteiger partial charge in [-0.2, -0.15) is 0 Å². The van der Waals surface area contributed by atoms with Crippen molar-refractivity contribution in [2.24, 2.45) is 0 Å². The van der Waals surface area contributed by atoms with Crippen LogP contribution in [0.3, 0.4) is 0 Å². The number of benzene rings is 2. The first-order valence-corrected chi connectivity index (χ1v) is 9.25. The molecule has 1 aliphatic rings. The Morgan fingerprint density at radius 1 is 1.20 bits per heavy atom. The van der Waals surface area contributed by atoms with Gasteiger partial charge >= 0.3 is 0 Å². The molecule has 0 saturated carbocycles. The van der Waals surface area contributed by atoms with Crippen molar-refractivity contribution in [3.63, 3.8) is 0 Å². The molecule has 132 valence electrons. The maximum Gasteiger partial charge on any atom is 0.224 e. The first-order chi connectivity index (χ1) is 12.0. The van der Waals surface area contributed by atoms with Crippen LogP contribution < -0.4 is 10.1 Å². The summed E-state index contributed by atoms with van der Waals surface area (Å²) in [4.78, 5) is 12.6. The number of carbonyl (C=O) groups is 1. The van der Waals surface area contributed by atoms with Crippen LogP contribution >= 0.6 is 11.6 Å². The zero-order valence-electron chi connectivity index (χ0n) is 14.7. The number of fused-ring (bicyclic) bond motifs is 1. The van der Waals surface area contributed by atoms with Crippen molar-refractivity contribution < 1.29 is 9.53 Å². The molecule has 0 aromatic heterocycles. The van der Waals surface area contributed by atoms with E-state index < -0.39 is 0 Å². The van der Waals surface area contributed by atoms with E-state index in [4.69, 9.17) is 16.3 Å². The normalized spacial score (nSPS) is 18.1. The number of halogens is 1. The topological polar surface area (TPSA) is 38.3 Å². The Kier molecular flexibility index (Phi) is 5.33. The van der Waals surface area contributed by atoms with Crippen molar-refractivity contribution in [3.05, 3.63) is 64.7 Å². The van der Waals surface area contributed by atoms with E-state index in [0.29, 0.717) is 11.4 Å².